The number of halogens is 3. The van der Waals surface area contributed by atoms with Crippen LogP contribution >= 0.6 is 37.2 Å². The maximum absolute atomic E-state index is 12.1. The van der Waals surface area contributed by atoms with Gasteiger partial charge in [0.25, 0.3) is 30.4 Å². The Morgan fingerprint density at radius 2 is 0.672 bits per heavy atom. The van der Waals surface area contributed by atoms with E-state index in [0.29, 0.717) is 43.1 Å². The van der Waals surface area contributed by atoms with Crippen molar-refractivity contribution in [2.45, 2.75) is 290 Å². The van der Waals surface area contributed by atoms with Crippen LogP contribution in [0.4, 0.5) is 0 Å². The molecule has 0 amide bonds. The van der Waals surface area contributed by atoms with Crippen molar-refractivity contribution in [3.8, 4) is 0 Å². The van der Waals surface area contributed by atoms with E-state index in [1.54, 1.807) is 36.4 Å². The molecule has 2 bridgehead atoms. The summed E-state index contributed by atoms with van der Waals surface area (Å²) in [7, 11) is -8.19. The smallest absolute Gasteiger partial charge is 0.327 e. The number of nitrogens with two attached hydrogens (primary N) is 6. The lowest BCUT2D eigenvalue weighted by Crippen LogP contribution is -2.41. The highest BCUT2D eigenvalue weighted by molar-refractivity contribution is 7.86. The first-order valence-electron chi connectivity index (χ1n) is 45.8. The van der Waals surface area contributed by atoms with Gasteiger partial charge in [0, 0.05) is 19.4 Å². The minimum Gasteiger partial charge on any atom is -0.463 e. The topological polar surface area (TPSA) is 480 Å². The van der Waals surface area contributed by atoms with Gasteiger partial charge in [-0.15, -0.1) is 37.2 Å². The number of esters is 6. The van der Waals surface area contributed by atoms with Gasteiger partial charge >= 0.3 is 35.8 Å². The van der Waals surface area contributed by atoms with Crippen molar-refractivity contribution in [1.29, 1.82) is 0 Å². The number of aryl methyl sites for hydroxylation is 3. The third-order valence-electron chi connectivity index (χ3n) is 23.5. The quantitative estimate of drug-likeness (QED) is 0.0146. The predicted octanol–water partition coefficient (Wildman–Crippen LogP) is 16.7. The van der Waals surface area contributed by atoms with Gasteiger partial charge in [-0.3, -0.25) is 28.0 Å². The molecule has 0 aromatic heterocycles. The molecule has 134 heavy (non-hydrogen) atoms. The summed E-state index contributed by atoms with van der Waals surface area (Å²) < 4.78 is 121. The average molecular weight is 1980 g/mol. The Morgan fingerprint density at radius 1 is 0.366 bits per heavy atom. The summed E-state index contributed by atoms with van der Waals surface area (Å²) in [4.78, 5) is 72.3. The van der Waals surface area contributed by atoms with E-state index < -0.39 is 60.6 Å². The number of hydrogen-bond donors (Lipinski definition) is 9. The summed E-state index contributed by atoms with van der Waals surface area (Å²) in [6.45, 7) is 14.9. The van der Waals surface area contributed by atoms with Crippen LogP contribution in [-0.4, -0.2) is 156 Å². The number of carbonyl (C=O) groups excluding carboxylic acids is 6. The maximum atomic E-state index is 12.1. The van der Waals surface area contributed by atoms with Gasteiger partial charge in [-0.25, -0.2) is 14.4 Å². The summed E-state index contributed by atoms with van der Waals surface area (Å²) in [5, 5.41) is 0. The Balaban J connectivity index is 0.000000390. The van der Waals surface area contributed by atoms with Crippen molar-refractivity contribution < 1.29 is 96.1 Å². The molecule has 0 saturated heterocycles. The first-order chi connectivity index (χ1) is 62.0. The van der Waals surface area contributed by atoms with E-state index in [9.17, 15) is 54.0 Å². The third kappa shape index (κ3) is 45.3. The highest BCUT2D eigenvalue weighted by Crippen LogP contribution is 2.46. The number of rotatable bonds is 25. The number of hydrogen-bond acceptors (Lipinski definition) is 25. The number of likely N-dealkylation sites (N-methyl/N-ethyl adjacent to an activating group) is 1. The Bertz CT molecular complexity index is 4720. The molecule has 28 nitrogen and oxygen atoms in total. The van der Waals surface area contributed by atoms with Crippen molar-refractivity contribution >= 4 is 103 Å². The van der Waals surface area contributed by atoms with Crippen LogP contribution in [0.3, 0.4) is 0 Å². The Kier molecular flexibility index (Phi) is 55.3. The lowest BCUT2D eigenvalue weighted by atomic mass is 9.84. The number of benzene rings is 7. The second kappa shape index (κ2) is 61.8. The Labute approximate surface area is 813 Å². The van der Waals surface area contributed by atoms with E-state index in [2.05, 4.69) is 26.0 Å². The fourth-order valence-electron chi connectivity index (χ4n) is 16.0. The standard InChI is InChI=1S/C17H17NO2.C15H19NO2.C13H23NO2.C13H17NO2.C11H21NO2.C10H22N2O2.3C7H8O3S.3ClH/c18-16(12-6-2-1-3-7-12)17(19)20-15-10-13-8-4-5-9-14(13)11-15;16-14(11-4-2-1-3-5-11)15(17)18-13-9-10-6-7-12(13)8-10;2*14-12(10-6-2-1-3-7-10)13(15)16-11-8-4-5-9-11;1-8(2)7-10(12)11(13)14-9-5-3-4-6-9;1-8(2)7-9(11)10(13)14-6-5-12(3)4;3*1-6-2-4-7(5-3-6)11(8,9)10;;;/h1-9,15-16H,10-11,18H2;1-5,10,12-14H,6-9,16H2;10-12H,1-9,14H2;1-3,6-7,11-12H,4-5,8-9,14H2;8-10H,3-7,12H2,1-2H3;8-9H,5-7,11H2,1-4H3;3*2-5H,1H3,(H,8,9,10);3*1H/t16-;10?,12?,13?,14-;;12-;10-;9-;;;;;;/m00.000....../s1. The van der Waals surface area contributed by atoms with Crippen LogP contribution in [0.2, 0.25) is 0 Å². The highest BCUT2D eigenvalue weighted by atomic mass is 35.5. The molecule has 0 heterocycles. The van der Waals surface area contributed by atoms with Crippen LogP contribution in [0.15, 0.2) is 203 Å². The maximum Gasteiger partial charge on any atom is 0.327 e. The first-order valence-corrected chi connectivity index (χ1v) is 50.1. The molecule has 9 atom stereocenters. The first kappa shape index (κ1) is 120. The van der Waals surface area contributed by atoms with Gasteiger partial charge in [0.05, 0.1) is 14.7 Å². The summed E-state index contributed by atoms with van der Waals surface area (Å²) >= 11 is 0. The number of fused-ring (bicyclic) bond motifs is 3. The molecule has 4 unspecified atom stereocenters. The van der Waals surface area contributed by atoms with Crippen molar-refractivity contribution in [2.24, 2.45) is 64.0 Å². The van der Waals surface area contributed by atoms with Gasteiger partial charge in [0.2, 0.25) is 0 Å². The predicted molar refractivity (Wildman–Crippen MR) is 528 cm³/mol. The zero-order valence-corrected chi connectivity index (χ0v) is 83.7. The summed E-state index contributed by atoms with van der Waals surface area (Å²) in [5.41, 5.74) is 42.9. The fraction of sp³-hybridized carbons (Fsp3) is 0.520. The monoisotopic (exact) mass is 1980 g/mol. The summed E-state index contributed by atoms with van der Waals surface area (Å²) in [6.07, 6.45) is 27.2. The van der Waals surface area contributed by atoms with Crippen molar-refractivity contribution in [2.75, 3.05) is 27.2 Å². The van der Waals surface area contributed by atoms with Gasteiger partial charge in [-0.05, 0) is 257 Å². The van der Waals surface area contributed by atoms with E-state index in [0.717, 1.165) is 129 Å². The van der Waals surface area contributed by atoms with Crippen LogP contribution in [0.1, 0.15) is 238 Å². The molecule has 746 valence electrons. The molecule has 0 spiro atoms. The van der Waals surface area contributed by atoms with E-state index in [1.807, 2.05) is 157 Å². The third-order valence-corrected chi connectivity index (χ3v) is 26.1. The van der Waals surface area contributed by atoms with E-state index in [4.69, 9.17) is 76.5 Å². The van der Waals surface area contributed by atoms with E-state index >= 15 is 0 Å². The zero-order chi connectivity index (χ0) is 96.4. The second-order valence-corrected chi connectivity index (χ2v) is 40.1. The van der Waals surface area contributed by atoms with Gasteiger partial charge in [-0.1, -0.05) is 215 Å². The fourth-order valence-corrected chi connectivity index (χ4v) is 17.4. The number of carbonyl (C=O) groups is 6. The zero-order valence-electron chi connectivity index (χ0n) is 78.8. The minimum atomic E-state index is -4.02. The molecule has 15 N–H and O–H groups in total. The van der Waals surface area contributed by atoms with E-state index in [-0.39, 0.29) is 124 Å². The lowest BCUT2D eigenvalue weighted by molar-refractivity contribution is -0.154. The van der Waals surface area contributed by atoms with Crippen molar-refractivity contribution in [3.63, 3.8) is 0 Å². The average Bonchev–Trinajstić information content (AvgIpc) is 1.66. The lowest BCUT2D eigenvalue weighted by Gasteiger charge is -2.26. The highest BCUT2D eigenvalue weighted by Gasteiger charge is 2.42. The molecule has 7 aliphatic rings. The molecule has 6 fully saturated rings. The van der Waals surface area contributed by atoms with Crippen molar-refractivity contribution in [1.82, 2.24) is 4.90 Å². The molecule has 6 saturated carbocycles. The minimum absolute atomic E-state index is 0. The molecule has 14 rings (SSSR count). The van der Waals surface area contributed by atoms with Gasteiger partial charge in [-0.2, -0.15) is 25.3 Å². The van der Waals surface area contributed by atoms with Crippen LogP contribution in [0.5, 0.6) is 0 Å². The summed E-state index contributed by atoms with van der Waals surface area (Å²) in [5.74, 6) is 0.994. The Morgan fingerprint density at radius 3 is 0.985 bits per heavy atom. The molecule has 7 aromatic carbocycles. The summed E-state index contributed by atoms with van der Waals surface area (Å²) in [6, 6.07) is 51.0. The SMILES string of the molecule is CC(C)C[C@H](N)C(=O)OC1CCCC1.CC(C)C[C@H](N)C(=O)OCCN(C)C.Cc1ccc(S(=O)(=O)O)cc1.Cc1ccc(S(=O)(=O)O)cc1.Cc1ccc(S(=O)(=O)O)cc1.Cl.Cl.Cl.NC(C(=O)OC1CCCC1)C1CCCCC1.N[C@H](C(=O)OC1CC2CCC1C2)c1ccccc1.N[C@H](C(=O)OC1CCCC1)c1ccccc1.N[C@H](C(=O)OC1Cc2ccccc2C1)c1ccccc1. The molecule has 34 heteroatoms. The van der Waals surface area contributed by atoms with Crippen LogP contribution in [-0.2, 0) is 100 Å². The van der Waals surface area contributed by atoms with Gasteiger partial charge in [0.1, 0.15) is 73.4 Å². The molecule has 7 aromatic rings. The molecular weight excluding hydrogens is 1840 g/mol. The van der Waals surface area contributed by atoms with Crippen LogP contribution in [0.25, 0.3) is 0 Å². The molecule has 0 aliphatic heterocycles. The molecule has 7 aliphatic carbocycles. The van der Waals surface area contributed by atoms with Gasteiger partial charge < -0.3 is 67.7 Å². The van der Waals surface area contributed by atoms with Gasteiger partial charge in [0.15, 0.2) is 0 Å². The molecule has 0 radical (unpaired) electrons. The van der Waals surface area contributed by atoms with E-state index in [1.165, 1.54) is 112 Å². The van der Waals surface area contributed by atoms with Crippen LogP contribution < -0.4 is 34.4 Å². The normalized spacial score (nSPS) is 18.1. The molecular formula is C100H146Cl3N7O21S3. The van der Waals surface area contributed by atoms with Crippen LogP contribution in [0, 0.1) is 50.4 Å². The number of nitrogens with zero attached hydrogens (tertiary/aromatic N) is 1. The largest absolute Gasteiger partial charge is 0.463 e. The Hall–Kier alpha value is -8.32. The van der Waals surface area contributed by atoms with Crippen molar-refractivity contribution in [3.05, 3.63) is 233 Å². The number of ether oxygens (including phenoxy) is 6. The second-order valence-electron chi connectivity index (χ2n) is 35.8.